The molecule has 2 amide bonds. The number of carbonyl (C=O) groups excluding carboxylic acids is 2. The number of amides is 2. The Hall–Kier alpha value is -3.46. The van der Waals surface area contributed by atoms with Gasteiger partial charge in [0.2, 0.25) is 5.91 Å². The Morgan fingerprint density at radius 2 is 2.09 bits per heavy atom. The van der Waals surface area contributed by atoms with Gasteiger partial charge in [-0.3, -0.25) is 9.59 Å². The Bertz CT molecular complexity index is 1250. The number of hydrogen-bond donors (Lipinski definition) is 2. The van der Waals surface area contributed by atoms with Crippen LogP contribution in [0.2, 0.25) is 0 Å². The molecule has 4 heterocycles. The van der Waals surface area contributed by atoms with E-state index < -0.39 is 0 Å². The van der Waals surface area contributed by atoms with E-state index in [-0.39, 0.29) is 11.8 Å². The summed E-state index contributed by atoms with van der Waals surface area (Å²) in [6.07, 6.45) is 5.12. The second-order valence-corrected chi connectivity index (χ2v) is 9.16. The van der Waals surface area contributed by atoms with Gasteiger partial charge in [-0.05, 0) is 51.3 Å². The average Bonchev–Trinajstić information content (AvgIpc) is 3.49. The predicted octanol–water partition coefficient (Wildman–Crippen LogP) is 3.41. The maximum Gasteiger partial charge on any atom is 0.251 e. The number of aromatic nitrogens is 3. The maximum atomic E-state index is 13.1. The third-order valence-corrected chi connectivity index (χ3v) is 6.88. The number of aryl methyl sites for hydroxylation is 2. The Morgan fingerprint density at radius 1 is 1.26 bits per heavy atom. The first-order valence-corrected chi connectivity index (χ1v) is 12.4. The van der Waals surface area contributed by atoms with Gasteiger partial charge < -0.3 is 20.3 Å². The Balaban J connectivity index is 1.40. The van der Waals surface area contributed by atoms with E-state index in [0.717, 1.165) is 72.7 Å². The molecule has 0 spiro atoms. The van der Waals surface area contributed by atoms with E-state index in [9.17, 15) is 9.59 Å². The predicted molar refractivity (Wildman–Crippen MR) is 135 cm³/mol. The van der Waals surface area contributed by atoms with E-state index in [2.05, 4.69) is 15.7 Å². The minimum atomic E-state index is -0.181. The van der Waals surface area contributed by atoms with Gasteiger partial charge >= 0.3 is 0 Å². The second-order valence-electron chi connectivity index (χ2n) is 9.16. The maximum absolute atomic E-state index is 13.1. The number of anilines is 2. The standard InChI is InChI=1S/C26H32N6O3/c1-3-32-25-22(16-28-32)24(30-19-9-12-35-13-10-19)21(17(2)29-25)15-27-26(34)18-6-4-7-20(14-18)31-11-5-8-23(31)33/h4,6-7,14,16,19H,3,5,8-13,15H2,1-2H3,(H,27,34)(H,29,30). The van der Waals surface area contributed by atoms with Crippen LogP contribution in [-0.2, 0) is 22.6 Å². The summed E-state index contributed by atoms with van der Waals surface area (Å²) in [5, 5.41) is 12.3. The molecule has 0 aliphatic carbocycles. The molecule has 0 bridgehead atoms. The van der Waals surface area contributed by atoms with Crippen LogP contribution in [-0.4, -0.2) is 52.4 Å². The van der Waals surface area contributed by atoms with Gasteiger partial charge in [-0.2, -0.15) is 5.10 Å². The molecule has 2 saturated heterocycles. The van der Waals surface area contributed by atoms with Crippen LogP contribution in [0.3, 0.4) is 0 Å². The summed E-state index contributed by atoms with van der Waals surface area (Å²) in [6, 6.07) is 7.57. The lowest BCUT2D eigenvalue weighted by atomic mass is 10.0. The Labute approximate surface area is 204 Å². The van der Waals surface area contributed by atoms with E-state index in [1.54, 1.807) is 17.0 Å². The first kappa shape index (κ1) is 23.3. The van der Waals surface area contributed by atoms with Crippen molar-refractivity contribution in [1.29, 1.82) is 0 Å². The molecule has 35 heavy (non-hydrogen) atoms. The second kappa shape index (κ2) is 10.0. The number of carbonyl (C=O) groups is 2. The van der Waals surface area contributed by atoms with Gasteiger partial charge in [0.15, 0.2) is 5.65 Å². The number of ether oxygens (including phenoxy) is 1. The van der Waals surface area contributed by atoms with Crippen molar-refractivity contribution in [2.45, 2.75) is 58.7 Å². The van der Waals surface area contributed by atoms with Crippen molar-refractivity contribution >= 4 is 34.2 Å². The summed E-state index contributed by atoms with van der Waals surface area (Å²) in [7, 11) is 0. The minimum Gasteiger partial charge on any atom is -0.381 e. The molecule has 0 unspecified atom stereocenters. The lowest BCUT2D eigenvalue weighted by Crippen LogP contribution is -2.30. The largest absolute Gasteiger partial charge is 0.381 e. The topological polar surface area (TPSA) is 101 Å². The van der Waals surface area contributed by atoms with Gasteiger partial charge in [-0.15, -0.1) is 0 Å². The van der Waals surface area contributed by atoms with E-state index in [0.29, 0.717) is 31.1 Å². The quantitative estimate of drug-likeness (QED) is 0.542. The van der Waals surface area contributed by atoms with Crippen LogP contribution in [0.25, 0.3) is 11.0 Å². The fourth-order valence-corrected chi connectivity index (χ4v) is 4.91. The van der Waals surface area contributed by atoms with Crippen LogP contribution < -0.4 is 15.5 Å². The lowest BCUT2D eigenvalue weighted by molar-refractivity contribution is -0.117. The molecule has 0 radical (unpaired) electrons. The zero-order chi connectivity index (χ0) is 24.4. The molecule has 1 aromatic carbocycles. The SMILES string of the molecule is CCn1ncc2c(NC3CCOCC3)c(CNC(=O)c3cccc(N4CCCC4=O)c3)c(C)nc21. The number of fused-ring (bicyclic) bond motifs is 1. The van der Waals surface area contributed by atoms with Crippen molar-refractivity contribution in [2.75, 3.05) is 30.0 Å². The number of nitrogens with zero attached hydrogens (tertiary/aromatic N) is 4. The van der Waals surface area contributed by atoms with Crippen LogP contribution in [0.15, 0.2) is 30.5 Å². The molecule has 9 nitrogen and oxygen atoms in total. The molecular formula is C26H32N6O3. The Morgan fingerprint density at radius 3 is 2.83 bits per heavy atom. The molecule has 2 aliphatic rings. The molecule has 2 aromatic heterocycles. The molecule has 184 valence electrons. The molecule has 3 aromatic rings. The average molecular weight is 477 g/mol. The number of nitrogens with one attached hydrogen (secondary N) is 2. The Kier molecular flexibility index (Phi) is 6.68. The van der Waals surface area contributed by atoms with E-state index >= 15 is 0 Å². The molecule has 9 heteroatoms. The van der Waals surface area contributed by atoms with Crippen molar-refractivity contribution in [3.05, 3.63) is 47.3 Å². The van der Waals surface area contributed by atoms with Gasteiger partial charge in [-0.1, -0.05) is 6.07 Å². The highest BCUT2D eigenvalue weighted by Crippen LogP contribution is 2.31. The molecule has 5 rings (SSSR count). The van der Waals surface area contributed by atoms with E-state index in [1.807, 2.05) is 36.9 Å². The molecular weight excluding hydrogens is 444 g/mol. The van der Waals surface area contributed by atoms with Gasteiger partial charge in [-0.25, -0.2) is 9.67 Å². The molecule has 0 atom stereocenters. The summed E-state index contributed by atoms with van der Waals surface area (Å²) in [6.45, 7) is 7.27. The van der Waals surface area contributed by atoms with Crippen molar-refractivity contribution < 1.29 is 14.3 Å². The smallest absolute Gasteiger partial charge is 0.251 e. The van der Waals surface area contributed by atoms with Crippen LogP contribution in [0.5, 0.6) is 0 Å². The first-order valence-electron chi connectivity index (χ1n) is 12.4. The highest BCUT2D eigenvalue weighted by molar-refractivity contribution is 5.99. The van der Waals surface area contributed by atoms with Crippen LogP contribution in [0.1, 0.15) is 54.2 Å². The van der Waals surface area contributed by atoms with Crippen molar-refractivity contribution in [1.82, 2.24) is 20.1 Å². The zero-order valence-electron chi connectivity index (χ0n) is 20.3. The summed E-state index contributed by atoms with van der Waals surface area (Å²) in [4.78, 5) is 31.8. The lowest BCUT2D eigenvalue weighted by Gasteiger charge is -2.26. The third-order valence-electron chi connectivity index (χ3n) is 6.88. The minimum absolute atomic E-state index is 0.106. The van der Waals surface area contributed by atoms with Crippen molar-refractivity contribution in [2.24, 2.45) is 0 Å². The number of rotatable bonds is 7. The van der Waals surface area contributed by atoms with Gasteiger partial charge in [0.05, 0.1) is 17.3 Å². The highest BCUT2D eigenvalue weighted by atomic mass is 16.5. The third kappa shape index (κ3) is 4.73. The zero-order valence-corrected chi connectivity index (χ0v) is 20.3. The van der Waals surface area contributed by atoms with Gasteiger partial charge in [0.1, 0.15) is 0 Å². The fourth-order valence-electron chi connectivity index (χ4n) is 4.91. The highest BCUT2D eigenvalue weighted by Gasteiger charge is 2.23. The van der Waals surface area contributed by atoms with Crippen molar-refractivity contribution in [3.63, 3.8) is 0 Å². The van der Waals surface area contributed by atoms with Gasteiger partial charge in [0, 0.05) is 67.8 Å². The van der Waals surface area contributed by atoms with Crippen LogP contribution >= 0.6 is 0 Å². The van der Waals surface area contributed by atoms with Gasteiger partial charge in [0.25, 0.3) is 5.91 Å². The molecule has 2 fully saturated rings. The summed E-state index contributed by atoms with van der Waals surface area (Å²) in [5.74, 6) is -0.0757. The number of pyridine rings is 1. The molecule has 0 saturated carbocycles. The molecule has 2 aliphatic heterocycles. The summed E-state index contributed by atoms with van der Waals surface area (Å²) in [5.41, 5.74) is 4.95. The fraction of sp³-hybridized carbons (Fsp3) is 0.462. The normalized spacial score (nSPS) is 16.7. The molecule has 2 N–H and O–H groups in total. The van der Waals surface area contributed by atoms with Crippen LogP contribution in [0, 0.1) is 6.92 Å². The van der Waals surface area contributed by atoms with Crippen molar-refractivity contribution in [3.8, 4) is 0 Å². The van der Waals surface area contributed by atoms with Crippen LogP contribution in [0.4, 0.5) is 11.4 Å². The number of benzene rings is 1. The van der Waals surface area contributed by atoms with E-state index in [4.69, 9.17) is 9.72 Å². The monoisotopic (exact) mass is 476 g/mol. The van der Waals surface area contributed by atoms with E-state index in [1.165, 1.54) is 0 Å². The number of hydrogen-bond acceptors (Lipinski definition) is 6. The first-order chi connectivity index (χ1) is 17.0. The summed E-state index contributed by atoms with van der Waals surface area (Å²) < 4.78 is 7.42. The summed E-state index contributed by atoms with van der Waals surface area (Å²) >= 11 is 0.